The van der Waals surface area contributed by atoms with Crippen molar-refractivity contribution in [1.29, 1.82) is 0 Å². The summed E-state index contributed by atoms with van der Waals surface area (Å²) >= 11 is 0. The molecule has 0 aliphatic heterocycles. The van der Waals surface area contributed by atoms with Gasteiger partial charge in [0.15, 0.2) is 17.0 Å². The third-order valence-corrected chi connectivity index (χ3v) is 25.2. The SMILES string of the molecule is Cc1cc(C)c(B(c2ccc3c(c2)c2cc4c(cc2n3-c2cccc3c2oc2ccccc23)c2ccccc2n4-c2nc(-c3ccccc3)nc(-n3c4ccccc4c4cc5c(cc43)c3cc(B(c4c(C)cc(C)cc4C)c4c(C)cc(C)cc4C)ccc3n5-c3cccc4c3oc3ccccc34)n2)c2c(C)cc(C)cc2C)c(C)c1. The van der Waals surface area contributed by atoms with Gasteiger partial charge in [-0.1, -0.05) is 300 Å². The van der Waals surface area contributed by atoms with Crippen LogP contribution in [-0.2, 0) is 0 Å². The van der Waals surface area contributed by atoms with Crippen LogP contribution in [0, 0.1) is 83.1 Å². The van der Waals surface area contributed by atoms with Crippen molar-refractivity contribution >= 4 is 177 Å². The number of fused-ring (bicyclic) bond motifs is 18. The van der Waals surface area contributed by atoms with E-state index in [2.05, 4.69) is 374 Å². The van der Waals surface area contributed by atoms with Gasteiger partial charge >= 0.3 is 0 Å². The van der Waals surface area contributed by atoms with Gasteiger partial charge < -0.3 is 18.0 Å². The second-order valence-corrected chi connectivity index (χ2v) is 32.9. The highest BCUT2D eigenvalue weighted by Crippen LogP contribution is 2.45. The number of aromatic nitrogens is 7. The summed E-state index contributed by atoms with van der Waals surface area (Å²) in [5.41, 5.74) is 37.4. The van der Waals surface area contributed by atoms with E-state index in [1.165, 1.54) is 99.5 Å². The summed E-state index contributed by atoms with van der Waals surface area (Å²) < 4.78 is 23.5. The molecule has 554 valence electrons. The minimum Gasteiger partial charge on any atom is -0.454 e. The first kappa shape index (κ1) is 69.0. The topological polar surface area (TPSA) is 84.7 Å². The zero-order chi connectivity index (χ0) is 78.5. The fraction of sp³-hybridized carbons (Fsp3) is 0.114. The predicted molar refractivity (Wildman–Crippen MR) is 489 cm³/mol. The Labute approximate surface area is 672 Å². The third kappa shape index (κ3) is 10.4. The zero-order valence-corrected chi connectivity index (χ0v) is 67.1. The lowest BCUT2D eigenvalue weighted by atomic mass is 9.34. The summed E-state index contributed by atoms with van der Waals surface area (Å²) in [6.45, 7) is 27.1. The van der Waals surface area contributed by atoms with Crippen LogP contribution in [0.5, 0.6) is 0 Å². The van der Waals surface area contributed by atoms with Crippen LogP contribution in [0.1, 0.15) is 66.8 Å². The second-order valence-electron chi connectivity index (χ2n) is 32.9. The van der Waals surface area contributed by atoms with E-state index in [4.69, 9.17) is 23.8 Å². The minimum absolute atomic E-state index is 0.0681. The van der Waals surface area contributed by atoms with E-state index in [9.17, 15) is 0 Å². The Balaban J connectivity index is 0.825. The molecule has 22 aromatic rings. The lowest BCUT2D eigenvalue weighted by Crippen LogP contribution is -2.55. The maximum atomic E-state index is 7.01. The number of hydrogen-bond donors (Lipinski definition) is 0. The van der Waals surface area contributed by atoms with Crippen molar-refractivity contribution in [3.05, 3.63) is 340 Å². The number of furan rings is 2. The smallest absolute Gasteiger partial charge is 0.242 e. The van der Waals surface area contributed by atoms with E-state index in [1.54, 1.807) is 0 Å². The largest absolute Gasteiger partial charge is 0.454 e. The molecule has 0 radical (unpaired) electrons. The van der Waals surface area contributed by atoms with Gasteiger partial charge in [-0.05, 0) is 156 Å². The molecule has 22 rings (SSSR count). The standard InChI is InChI=1S/C105H81B2N7O2/c1-58-44-62(5)97(63(6)45-58)106(98-64(7)46-59(2)47-65(98)8)71-40-42-87-79(52-71)83-56-93-81(54-91(83)111(87)89-36-24-32-77-75-30-18-22-38-95(75)115-101(77)89)73-28-16-20-34-85(73)113(93)104-108-103(70-26-14-13-15-27-70)109-105(110-104)114-86-35-21-17-29-74(86)82-55-92-84(57-94(82)114)80-53-72(107(99-66(9)48-60(3)49-67(99)10)100-68(11)50-61(4)51-69(100)12)41-43-88(80)112(92)90-37-25-33-78-76-31-19-23-39-96(76)116-102(78)90/h13-57H,1-12H3. The molecule has 7 heterocycles. The van der Waals surface area contributed by atoms with Gasteiger partial charge in [0.25, 0.3) is 0 Å². The van der Waals surface area contributed by atoms with Crippen molar-refractivity contribution in [2.45, 2.75) is 83.1 Å². The van der Waals surface area contributed by atoms with Crippen molar-refractivity contribution in [3.63, 3.8) is 0 Å². The Morgan fingerprint density at radius 2 is 0.534 bits per heavy atom. The molecule has 0 amide bonds. The van der Waals surface area contributed by atoms with Crippen molar-refractivity contribution in [1.82, 2.24) is 33.2 Å². The predicted octanol–water partition coefficient (Wildman–Crippen LogP) is 22.5. The molecule has 0 saturated carbocycles. The number of rotatable bonds is 11. The molecular weight excluding hydrogens is 1410 g/mol. The fourth-order valence-corrected chi connectivity index (χ4v) is 20.9. The van der Waals surface area contributed by atoms with Gasteiger partial charge in [-0.15, -0.1) is 0 Å². The van der Waals surface area contributed by atoms with Crippen molar-refractivity contribution in [2.24, 2.45) is 0 Å². The first-order chi connectivity index (χ1) is 56.5. The fourth-order valence-electron chi connectivity index (χ4n) is 20.9. The highest BCUT2D eigenvalue weighted by atomic mass is 16.3. The average molecular weight is 1490 g/mol. The summed E-state index contributed by atoms with van der Waals surface area (Å²) in [6.07, 6.45) is 0. The van der Waals surface area contributed by atoms with Crippen LogP contribution in [0.15, 0.2) is 282 Å². The number of aryl methyl sites for hydroxylation is 12. The molecule has 0 aliphatic carbocycles. The Morgan fingerprint density at radius 3 is 0.914 bits per heavy atom. The highest BCUT2D eigenvalue weighted by molar-refractivity contribution is 6.97. The Hall–Kier alpha value is -13.8. The summed E-state index contributed by atoms with van der Waals surface area (Å²) in [6, 6.07) is 101. The van der Waals surface area contributed by atoms with Crippen molar-refractivity contribution in [3.8, 4) is 34.7 Å². The summed E-state index contributed by atoms with van der Waals surface area (Å²) in [7, 11) is 0. The maximum absolute atomic E-state index is 7.01. The van der Waals surface area contributed by atoms with Gasteiger partial charge in [-0.3, -0.25) is 9.13 Å². The summed E-state index contributed by atoms with van der Waals surface area (Å²) in [4.78, 5) is 17.3. The van der Waals surface area contributed by atoms with Crippen molar-refractivity contribution < 1.29 is 8.83 Å². The first-order valence-corrected chi connectivity index (χ1v) is 40.4. The highest BCUT2D eigenvalue weighted by Gasteiger charge is 2.34. The van der Waals surface area contributed by atoms with Crippen LogP contribution >= 0.6 is 0 Å². The van der Waals surface area contributed by atoms with Crippen LogP contribution in [0.4, 0.5) is 0 Å². The van der Waals surface area contributed by atoms with Gasteiger partial charge in [0.2, 0.25) is 25.3 Å². The van der Waals surface area contributed by atoms with Crippen LogP contribution < -0.4 is 32.8 Å². The van der Waals surface area contributed by atoms with Gasteiger partial charge in [-0.25, -0.2) is 0 Å². The lowest BCUT2D eigenvalue weighted by Gasteiger charge is -2.25. The molecule has 7 aromatic heterocycles. The van der Waals surface area contributed by atoms with E-state index in [1.807, 2.05) is 0 Å². The summed E-state index contributed by atoms with van der Waals surface area (Å²) in [5.74, 6) is 1.54. The molecule has 0 atom stereocenters. The Kier molecular flexibility index (Phi) is 15.4. The molecule has 0 N–H and O–H groups in total. The van der Waals surface area contributed by atoms with E-state index in [-0.39, 0.29) is 13.4 Å². The maximum Gasteiger partial charge on any atom is 0.242 e. The van der Waals surface area contributed by atoms with Gasteiger partial charge in [-0.2, -0.15) is 15.0 Å². The van der Waals surface area contributed by atoms with Crippen LogP contribution in [-0.4, -0.2) is 46.6 Å². The molecule has 11 heteroatoms. The molecule has 0 unspecified atom stereocenters. The first-order valence-electron chi connectivity index (χ1n) is 40.4. The lowest BCUT2D eigenvalue weighted by molar-refractivity contribution is 0.666. The van der Waals surface area contributed by atoms with Crippen LogP contribution in [0.3, 0.4) is 0 Å². The molecule has 0 spiro atoms. The zero-order valence-electron chi connectivity index (χ0n) is 67.1. The number of nitrogens with zero attached hydrogens (tertiary/aromatic N) is 7. The van der Waals surface area contributed by atoms with E-state index < -0.39 is 0 Å². The molecule has 0 saturated heterocycles. The minimum atomic E-state index is -0.0681. The van der Waals surface area contributed by atoms with Crippen LogP contribution in [0.2, 0.25) is 0 Å². The molecule has 0 aliphatic rings. The quantitative estimate of drug-likeness (QED) is 0.120. The van der Waals surface area contributed by atoms with Crippen molar-refractivity contribution in [2.75, 3.05) is 0 Å². The summed E-state index contributed by atoms with van der Waals surface area (Å²) in [5, 5.41) is 13.0. The Bertz CT molecular complexity index is 7360. The molecule has 0 fully saturated rings. The van der Waals surface area contributed by atoms with Gasteiger partial charge in [0.05, 0.1) is 55.5 Å². The monoisotopic (exact) mass is 1490 g/mol. The van der Waals surface area contributed by atoms with Gasteiger partial charge in [0, 0.05) is 70.2 Å². The number of hydrogen-bond acceptors (Lipinski definition) is 5. The van der Waals surface area contributed by atoms with E-state index in [0.29, 0.717) is 17.7 Å². The third-order valence-electron chi connectivity index (χ3n) is 25.2. The number of benzene rings is 15. The molecule has 15 aromatic carbocycles. The average Bonchev–Trinajstić information content (AvgIpc) is 1.54. The molecule has 9 nitrogen and oxygen atoms in total. The van der Waals surface area contributed by atoms with Crippen LogP contribution in [0.25, 0.3) is 166 Å². The van der Waals surface area contributed by atoms with E-state index in [0.717, 1.165) is 148 Å². The molecule has 116 heavy (non-hydrogen) atoms. The Morgan fingerprint density at radius 1 is 0.233 bits per heavy atom. The number of para-hydroxylation sites is 6. The van der Waals surface area contributed by atoms with E-state index >= 15 is 0 Å². The second kappa shape index (κ2) is 25.9. The molecule has 0 bridgehead atoms. The molecular formula is C105H81B2N7O2. The van der Waals surface area contributed by atoms with Gasteiger partial charge in [0.1, 0.15) is 11.2 Å². The normalized spacial score (nSPS) is 12.1.